The first-order valence-electron chi connectivity index (χ1n) is 9.28. The zero-order valence-electron chi connectivity index (χ0n) is 16.5. The van der Waals surface area contributed by atoms with Crippen LogP contribution in [0.4, 0.5) is 18.9 Å². The lowest BCUT2D eigenvalue weighted by Crippen LogP contribution is -2.25. The Bertz CT molecular complexity index is 781. The average Bonchev–Trinajstić information content (AvgIpc) is 2.68. The Morgan fingerprint density at radius 1 is 1.07 bits per heavy atom. The molecule has 8 heteroatoms. The molecule has 0 fully saturated rings. The van der Waals surface area contributed by atoms with Crippen molar-refractivity contribution in [3.63, 3.8) is 0 Å². The van der Waals surface area contributed by atoms with Crippen LogP contribution in [0.15, 0.2) is 48.5 Å². The Labute approximate surface area is 175 Å². The topological polar surface area (TPSA) is 41.6 Å². The van der Waals surface area contributed by atoms with Crippen LogP contribution in [0, 0.1) is 0 Å². The summed E-state index contributed by atoms with van der Waals surface area (Å²) < 4.78 is 44.3. The van der Waals surface area contributed by atoms with Crippen LogP contribution in [0.5, 0.6) is 5.75 Å². The van der Waals surface area contributed by atoms with Crippen molar-refractivity contribution < 1.29 is 22.7 Å². The third-order valence-electron chi connectivity index (χ3n) is 4.35. The summed E-state index contributed by atoms with van der Waals surface area (Å²) in [6.45, 7) is 7.46. The van der Waals surface area contributed by atoms with E-state index in [1.807, 2.05) is 0 Å². The Hall–Kier alpha value is -2.25. The van der Waals surface area contributed by atoms with Crippen LogP contribution in [0.1, 0.15) is 36.2 Å². The first-order chi connectivity index (χ1) is 13.3. The number of hydrogen-bond donors (Lipinski definition) is 1. The fraction of sp³-hybridized carbons (Fsp3) is 0.381. The fourth-order valence-corrected chi connectivity index (χ4v) is 2.76. The van der Waals surface area contributed by atoms with Gasteiger partial charge in [-0.1, -0.05) is 32.0 Å². The van der Waals surface area contributed by atoms with Crippen LogP contribution in [-0.2, 0) is 6.18 Å². The standard InChI is InChI=1S/C21H25F3N2O2.ClH/c1-3-26(4-2)13-8-14-28-19-12-6-5-11-18(19)20(27)25-17-10-7-9-16(15-17)21(22,23)24;/h5-7,9-12,15H,3-4,8,13-14H2,1-2H3,(H,25,27);1H. The summed E-state index contributed by atoms with van der Waals surface area (Å²) >= 11 is 0. The lowest BCUT2D eigenvalue weighted by Gasteiger charge is -2.18. The van der Waals surface area contributed by atoms with Gasteiger partial charge in [0, 0.05) is 12.2 Å². The van der Waals surface area contributed by atoms with E-state index in [1.165, 1.54) is 12.1 Å². The van der Waals surface area contributed by atoms with Gasteiger partial charge < -0.3 is 15.0 Å². The number of rotatable bonds is 9. The molecule has 0 aliphatic rings. The van der Waals surface area contributed by atoms with Crippen LogP contribution in [0.25, 0.3) is 0 Å². The molecule has 29 heavy (non-hydrogen) atoms. The van der Waals surface area contributed by atoms with Gasteiger partial charge in [-0.05, 0) is 49.8 Å². The van der Waals surface area contributed by atoms with Gasteiger partial charge in [-0.2, -0.15) is 13.2 Å². The van der Waals surface area contributed by atoms with E-state index in [4.69, 9.17) is 4.74 Å². The fourth-order valence-electron chi connectivity index (χ4n) is 2.76. The highest BCUT2D eigenvalue weighted by Crippen LogP contribution is 2.31. The van der Waals surface area contributed by atoms with Gasteiger partial charge in [-0.15, -0.1) is 12.4 Å². The number of para-hydroxylation sites is 1. The molecule has 0 radical (unpaired) electrons. The molecule has 160 valence electrons. The Kier molecular flexibility index (Phi) is 9.98. The van der Waals surface area contributed by atoms with Gasteiger partial charge in [0.05, 0.1) is 17.7 Å². The Morgan fingerprint density at radius 2 is 1.76 bits per heavy atom. The Balaban J connectivity index is 0.00000420. The van der Waals surface area contributed by atoms with E-state index >= 15 is 0 Å². The third kappa shape index (κ3) is 7.59. The van der Waals surface area contributed by atoms with Crippen LogP contribution >= 0.6 is 12.4 Å². The van der Waals surface area contributed by atoms with Gasteiger partial charge >= 0.3 is 6.18 Å². The molecule has 0 heterocycles. The van der Waals surface area contributed by atoms with Crippen molar-refractivity contribution in [2.45, 2.75) is 26.4 Å². The van der Waals surface area contributed by atoms with Gasteiger partial charge in [-0.3, -0.25) is 4.79 Å². The van der Waals surface area contributed by atoms with E-state index in [1.54, 1.807) is 24.3 Å². The summed E-state index contributed by atoms with van der Waals surface area (Å²) in [5, 5.41) is 2.51. The minimum absolute atomic E-state index is 0. The minimum atomic E-state index is -4.47. The largest absolute Gasteiger partial charge is 0.493 e. The number of nitrogens with one attached hydrogen (secondary N) is 1. The van der Waals surface area contributed by atoms with Gasteiger partial charge in [0.25, 0.3) is 5.91 Å². The lowest BCUT2D eigenvalue weighted by molar-refractivity contribution is -0.137. The summed E-state index contributed by atoms with van der Waals surface area (Å²) in [4.78, 5) is 14.8. The maximum Gasteiger partial charge on any atom is 0.416 e. The number of halogens is 4. The number of nitrogens with zero attached hydrogens (tertiary/aromatic N) is 1. The number of carbonyl (C=O) groups excluding carboxylic acids is 1. The molecule has 0 unspecified atom stereocenters. The first-order valence-corrected chi connectivity index (χ1v) is 9.28. The van der Waals surface area contributed by atoms with Crippen LogP contribution in [-0.4, -0.2) is 37.0 Å². The first kappa shape index (κ1) is 24.8. The van der Waals surface area contributed by atoms with Gasteiger partial charge in [-0.25, -0.2) is 0 Å². The van der Waals surface area contributed by atoms with E-state index in [9.17, 15) is 18.0 Å². The number of benzene rings is 2. The average molecular weight is 431 g/mol. The van der Waals surface area contributed by atoms with Crippen molar-refractivity contribution in [2.75, 3.05) is 31.6 Å². The number of carbonyl (C=O) groups is 1. The maximum atomic E-state index is 12.8. The van der Waals surface area contributed by atoms with Crippen molar-refractivity contribution in [2.24, 2.45) is 0 Å². The minimum Gasteiger partial charge on any atom is -0.493 e. The van der Waals surface area contributed by atoms with E-state index in [0.29, 0.717) is 12.4 Å². The second-order valence-electron chi connectivity index (χ2n) is 6.26. The molecule has 0 aliphatic carbocycles. The molecule has 2 aromatic rings. The van der Waals surface area contributed by atoms with Crippen LogP contribution in [0.3, 0.4) is 0 Å². The SMILES string of the molecule is CCN(CC)CCCOc1ccccc1C(=O)Nc1cccc(C(F)(F)F)c1.Cl. The highest BCUT2D eigenvalue weighted by atomic mass is 35.5. The third-order valence-corrected chi connectivity index (χ3v) is 4.35. The molecule has 4 nitrogen and oxygen atoms in total. The van der Waals surface area contributed by atoms with Crippen molar-refractivity contribution in [1.29, 1.82) is 0 Å². The monoisotopic (exact) mass is 430 g/mol. The number of anilines is 1. The number of amides is 1. The molecule has 2 rings (SSSR count). The number of hydrogen-bond acceptors (Lipinski definition) is 3. The van der Waals surface area contributed by atoms with E-state index in [-0.39, 0.29) is 23.7 Å². The molecule has 0 saturated heterocycles. The summed E-state index contributed by atoms with van der Waals surface area (Å²) in [5.41, 5.74) is -0.454. The predicted molar refractivity (Wildman–Crippen MR) is 111 cm³/mol. The lowest BCUT2D eigenvalue weighted by atomic mass is 10.1. The zero-order chi connectivity index (χ0) is 20.6. The second-order valence-corrected chi connectivity index (χ2v) is 6.26. The molecule has 0 saturated carbocycles. The van der Waals surface area contributed by atoms with E-state index in [2.05, 4.69) is 24.1 Å². The number of ether oxygens (including phenoxy) is 1. The summed E-state index contributed by atoms with van der Waals surface area (Å²) in [5.74, 6) is -0.106. The zero-order valence-corrected chi connectivity index (χ0v) is 17.3. The normalized spacial score (nSPS) is 11.1. The molecule has 1 N–H and O–H groups in total. The summed E-state index contributed by atoms with van der Waals surface area (Å²) in [7, 11) is 0. The van der Waals surface area contributed by atoms with Gasteiger partial charge in [0.15, 0.2) is 0 Å². The van der Waals surface area contributed by atoms with Gasteiger partial charge in [0.2, 0.25) is 0 Å². The van der Waals surface area contributed by atoms with Crippen molar-refractivity contribution in [3.8, 4) is 5.75 Å². The molecule has 0 atom stereocenters. The van der Waals surface area contributed by atoms with Crippen molar-refractivity contribution in [1.82, 2.24) is 4.90 Å². The molecule has 0 spiro atoms. The molecule has 0 aliphatic heterocycles. The summed E-state index contributed by atoms with van der Waals surface area (Å²) in [6.07, 6.45) is -3.65. The molecule has 2 aromatic carbocycles. The smallest absolute Gasteiger partial charge is 0.416 e. The molecule has 0 bridgehead atoms. The maximum absolute atomic E-state index is 12.8. The van der Waals surface area contributed by atoms with E-state index in [0.717, 1.165) is 38.2 Å². The second kappa shape index (κ2) is 11.7. The predicted octanol–water partition coefficient (Wildman–Crippen LogP) is 5.49. The molecule has 1 amide bonds. The highest BCUT2D eigenvalue weighted by Gasteiger charge is 2.30. The molecular weight excluding hydrogens is 405 g/mol. The summed E-state index contributed by atoms with van der Waals surface area (Å²) in [6, 6.07) is 11.2. The molecule has 0 aromatic heterocycles. The quantitative estimate of drug-likeness (QED) is 0.535. The van der Waals surface area contributed by atoms with Crippen molar-refractivity contribution >= 4 is 24.0 Å². The number of alkyl halides is 3. The van der Waals surface area contributed by atoms with Gasteiger partial charge in [0.1, 0.15) is 5.75 Å². The highest BCUT2D eigenvalue weighted by molar-refractivity contribution is 6.06. The van der Waals surface area contributed by atoms with Crippen LogP contribution < -0.4 is 10.1 Å². The molecular formula is C21H26ClF3N2O2. The van der Waals surface area contributed by atoms with Crippen molar-refractivity contribution in [3.05, 3.63) is 59.7 Å². The van der Waals surface area contributed by atoms with Crippen LogP contribution in [0.2, 0.25) is 0 Å². The van der Waals surface area contributed by atoms with E-state index < -0.39 is 17.6 Å². The Morgan fingerprint density at radius 3 is 2.41 bits per heavy atom.